The van der Waals surface area contributed by atoms with Crippen LogP contribution in [-0.2, 0) is 17.8 Å². The summed E-state index contributed by atoms with van der Waals surface area (Å²) in [6.45, 7) is 0.503. The molecular weight excluding hydrogens is 268 g/mol. The van der Waals surface area contributed by atoms with E-state index in [2.05, 4.69) is 0 Å². The molecule has 20 heavy (non-hydrogen) atoms. The summed E-state index contributed by atoms with van der Waals surface area (Å²) in [6.07, 6.45) is 0.464. The summed E-state index contributed by atoms with van der Waals surface area (Å²) in [7, 11) is 0. The molecule has 1 aliphatic rings. The summed E-state index contributed by atoms with van der Waals surface area (Å²) in [4.78, 5) is 14.3. The molecule has 0 aromatic heterocycles. The summed E-state index contributed by atoms with van der Waals surface area (Å²) in [6, 6.07) is 15.6. The third kappa shape index (κ3) is 2.18. The molecule has 0 atom stereocenters. The highest BCUT2D eigenvalue weighted by atomic mass is 32.1. The van der Waals surface area contributed by atoms with Crippen LogP contribution in [-0.4, -0.2) is 10.9 Å². The molecule has 3 rings (SSSR count). The number of fused-ring (bicyclic) bond motifs is 1. The maximum absolute atomic E-state index is 12.2. The van der Waals surface area contributed by atoms with E-state index in [4.69, 9.17) is 18.0 Å². The van der Waals surface area contributed by atoms with Crippen LogP contribution in [0.2, 0.25) is 0 Å². The average Bonchev–Trinajstić information content (AvgIpc) is 2.76. The lowest BCUT2D eigenvalue weighted by Gasteiger charge is -2.19. The van der Waals surface area contributed by atoms with E-state index < -0.39 is 0 Å². The first-order valence-electron chi connectivity index (χ1n) is 6.43. The van der Waals surface area contributed by atoms with Gasteiger partial charge in [-0.05, 0) is 17.2 Å². The Hall–Kier alpha value is -2.20. The predicted molar refractivity (Wildman–Crippen MR) is 83.7 cm³/mol. The molecule has 0 fully saturated rings. The zero-order chi connectivity index (χ0) is 14.1. The Morgan fingerprint density at radius 3 is 2.65 bits per heavy atom. The second kappa shape index (κ2) is 5.06. The van der Waals surface area contributed by atoms with Gasteiger partial charge in [0.15, 0.2) is 0 Å². The summed E-state index contributed by atoms with van der Waals surface area (Å²) < 4.78 is 0. The highest BCUT2D eigenvalue weighted by molar-refractivity contribution is 7.80. The van der Waals surface area contributed by atoms with Crippen molar-refractivity contribution in [1.82, 2.24) is 0 Å². The second-order valence-electron chi connectivity index (χ2n) is 4.81. The molecule has 0 unspecified atom stereocenters. The Morgan fingerprint density at radius 2 is 1.85 bits per heavy atom. The molecule has 0 bridgehead atoms. The van der Waals surface area contributed by atoms with Crippen molar-refractivity contribution >= 4 is 28.8 Å². The quantitative estimate of drug-likeness (QED) is 0.879. The van der Waals surface area contributed by atoms with Crippen molar-refractivity contribution in [3.8, 4) is 0 Å². The van der Waals surface area contributed by atoms with Crippen LogP contribution in [0, 0.1) is 0 Å². The second-order valence-corrected chi connectivity index (χ2v) is 5.25. The van der Waals surface area contributed by atoms with Crippen LogP contribution < -0.4 is 10.6 Å². The van der Waals surface area contributed by atoms with Crippen LogP contribution in [0.3, 0.4) is 0 Å². The third-order valence-corrected chi connectivity index (χ3v) is 3.76. The van der Waals surface area contributed by atoms with Gasteiger partial charge < -0.3 is 10.6 Å². The normalized spacial score (nSPS) is 13.4. The monoisotopic (exact) mass is 282 g/mol. The molecule has 4 heteroatoms. The highest BCUT2D eigenvalue weighted by Gasteiger charge is 2.27. The van der Waals surface area contributed by atoms with Crippen LogP contribution >= 0.6 is 12.2 Å². The molecule has 2 N–H and O–H groups in total. The van der Waals surface area contributed by atoms with Gasteiger partial charge in [-0.25, -0.2) is 0 Å². The zero-order valence-corrected chi connectivity index (χ0v) is 11.7. The Bertz CT molecular complexity index is 696. The maximum Gasteiger partial charge on any atom is 0.231 e. The predicted octanol–water partition coefficient (Wildman–Crippen LogP) is 2.41. The molecule has 0 aliphatic carbocycles. The number of nitrogens with zero attached hydrogens (tertiary/aromatic N) is 1. The summed E-state index contributed by atoms with van der Waals surface area (Å²) in [5.74, 6) is 0.115. The topological polar surface area (TPSA) is 46.3 Å². The number of hydrogen-bond donors (Lipinski definition) is 1. The fourth-order valence-electron chi connectivity index (χ4n) is 2.56. The van der Waals surface area contributed by atoms with E-state index in [-0.39, 0.29) is 5.91 Å². The van der Waals surface area contributed by atoms with E-state index in [1.54, 1.807) is 4.90 Å². The summed E-state index contributed by atoms with van der Waals surface area (Å²) in [5, 5.41) is 0. The minimum atomic E-state index is 0.115. The van der Waals surface area contributed by atoms with Gasteiger partial charge in [-0.15, -0.1) is 0 Å². The van der Waals surface area contributed by atoms with Gasteiger partial charge >= 0.3 is 0 Å². The number of para-hydroxylation sites is 1. The van der Waals surface area contributed by atoms with E-state index >= 15 is 0 Å². The van der Waals surface area contributed by atoms with Gasteiger partial charge in [-0.3, -0.25) is 4.79 Å². The molecule has 0 saturated carbocycles. The molecule has 3 nitrogen and oxygen atoms in total. The smallest absolute Gasteiger partial charge is 0.231 e. The van der Waals surface area contributed by atoms with Gasteiger partial charge in [0.2, 0.25) is 5.91 Å². The highest BCUT2D eigenvalue weighted by Crippen LogP contribution is 2.30. The number of benzene rings is 2. The van der Waals surface area contributed by atoms with E-state index in [1.165, 1.54) is 0 Å². The molecule has 2 aromatic rings. The number of anilines is 1. The van der Waals surface area contributed by atoms with E-state index in [0.29, 0.717) is 18.0 Å². The standard InChI is InChI=1S/C16H14N2OS/c17-16(20)13-7-3-1-6-12(13)10-18-14-8-4-2-5-11(14)9-15(18)19/h1-8H,9-10H2,(H2,17,20). The molecule has 0 spiro atoms. The van der Waals surface area contributed by atoms with Crippen LogP contribution in [0.25, 0.3) is 0 Å². The molecule has 100 valence electrons. The van der Waals surface area contributed by atoms with E-state index in [1.807, 2.05) is 48.5 Å². The maximum atomic E-state index is 12.2. The van der Waals surface area contributed by atoms with Gasteiger partial charge in [0.1, 0.15) is 4.99 Å². The van der Waals surface area contributed by atoms with E-state index in [9.17, 15) is 4.79 Å². The fraction of sp³-hybridized carbons (Fsp3) is 0.125. The first-order chi connectivity index (χ1) is 9.66. The van der Waals surface area contributed by atoms with Crippen molar-refractivity contribution in [1.29, 1.82) is 0 Å². The fourth-order valence-corrected chi connectivity index (χ4v) is 2.76. The molecule has 2 aromatic carbocycles. The van der Waals surface area contributed by atoms with Gasteiger partial charge in [0, 0.05) is 11.3 Å². The van der Waals surface area contributed by atoms with Crippen LogP contribution in [0.5, 0.6) is 0 Å². The number of thiocarbonyl (C=S) groups is 1. The average molecular weight is 282 g/mol. The SMILES string of the molecule is NC(=S)c1ccccc1CN1C(=O)Cc2ccccc21. The van der Waals surface area contributed by atoms with Crippen molar-refractivity contribution in [2.24, 2.45) is 5.73 Å². The number of carbonyl (C=O) groups is 1. The molecule has 1 amide bonds. The lowest BCUT2D eigenvalue weighted by atomic mass is 10.1. The summed E-state index contributed by atoms with van der Waals surface area (Å²) >= 11 is 5.07. The Morgan fingerprint density at radius 1 is 1.15 bits per heavy atom. The largest absolute Gasteiger partial charge is 0.389 e. The molecule has 0 radical (unpaired) electrons. The van der Waals surface area contributed by atoms with Crippen LogP contribution in [0.1, 0.15) is 16.7 Å². The lowest BCUT2D eigenvalue weighted by molar-refractivity contribution is -0.117. The third-order valence-electron chi connectivity index (χ3n) is 3.54. The minimum absolute atomic E-state index is 0.115. The lowest BCUT2D eigenvalue weighted by Crippen LogP contribution is -2.27. The van der Waals surface area contributed by atoms with Crippen LogP contribution in [0.4, 0.5) is 5.69 Å². The summed E-state index contributed by atoms with van der Waals surface area (Å²) in [5.41, 5.74) is 9.61. The van der Waals surface area contributed by atoms with Crippen molar-refractivity contribution < 1.29 is 4.79 Å². The molecule has 1 aliphatic heterocycles. The Labute approximate surface area is 123 Å². The van der Waals surface area contributed by atoms with Gasteiger partial charge in [0.25, 0.3) is 0 Å². The first kappa shape index (κ1) is 12.8. The van der Waals surface area contributed by atoms with Crippen molar-refractivity contribution in [2.45, 2.75) is 13.0 Å². The number of carbonyl (C=O) groups excluding carboxylic acids is 1. The van der Waals surface area contributed by atoms with Crippen molar-refractivity contribution in [2.75, 3.05) is 4.90 Å². The number of amides is 1. The number of hydrogen-bond acceptors (Lipinski definition) is 2. The molecule has 0 saturated heterocycles. The zero-order valence-electron chi connectivity index (χ0n) is 10.9. The minimum Gasteiger partial charge on any atom is -0.389 e. The van der Waals surface area contributed by atoms with Crippen molar-refractivity contribution in [3.05, 3.63) is 65.2 Å². The van der Waals surface area contributed by atoms with Gasteiger partial charge in [0.05, 0.1) is 13.0 Å². The van der Waals surface area contributed by atoms with Gasteiger partial charge in [-0.1, -0.05) is 54.7 Å². The molecular formula is C16H14N2OS. The Kier molecular flexibility index (Phi) is 3.24. The molecule has 1 heterocycles. The van der Waals surface area contributed by atoms with Crippen LogP contribution in [0.15, 0.2) is 48.5 Å². The number of nitrogens with two attached hydrogens (primary N) is 1. The van der Waals surface area contributed by atoms with Gasteiger partial charge in [-0.2, -0.15) is 0 Å². The Balaban J connectivity index is 1.96. The van der Waals surface area contributed by atoms with E-state index in [0.717, 1.165) is 22.4 Å². The number of rotatable bonds is 3. The first-order valence-corrected chi connectivity index (χ1v) is 6.83. The van der Waals surface area contributed by atoms with Crippen molar-refractivity contribution in [3.63, 3.8) is 0 Å².